The Morgan fingerprint density at radius 3 is 2.59 bits per heavy atom. The fourth-order valence-corrected chi connectivity index (χ4v) is 2.53. The van der Waals surface area contributed by atoms with Gasteiger partial charge >= 0.3 is 6.09 Å². The number of hydrogen-bond acceptors (Lipinski definition) is 6. The van der Waals surface area contributed by atoms with Crippen molar-refractivity contribution in [3.8, 4) is 22.8 Å². The van der Waals surface area contributed by atoms with E-state index in [-0.39, 0.29) is 12.6 Å². The predicted octanol–water partition coefficient (Wildman–Crippen LogP) is 2.44. The number of rotatable bonds is 3. The summed E-state index contributed by atoms with van der Waals surface area (Å²) in [6, 6.07) is 6.69. The van der Waals surface area contributed by atoms with Gasteiger partial charge in [0.05, 0.1) is 12.2 Å². The first-order valence-electron chi connectivity index (χ1n) is 6.69. The zero-order valence-electron chi connectivity index (χ0n) is 11.4. The largest absolute Gasteiger partial charge is 0.454 e. The minimum absolute atomic E-state index is 0.125. The van der Waals surface area contributed by atoms with Gasteiger partial charge in [0.15, 0.2) is 23.5 Å². The second-order valence-corrected chi connectivity index (χ2v) is 4.81. The summed E-state index contributed by atoms with van der Waals surface area (Å²) in [5, 5.41) is 0. The van der Waals surface area contributed by atoms with Crippen molar-refractivity contribution in [2.24, 2.45) is 0 Å². The summed E-state index contributed by atoms with van der Waals surface area (Å²) in [5.74, 6) is 1.80. The molecular weight excluding hydrogens is 290 g/mol. The zero-order valence-corrected chi connectivity index (χ0v) is 11.4. The van der Waals surface area contributed by atoms with Gasteiger partial charge in [0.1, 0.15) is 12.4 Å². The molecule has 0 N–H and O–H groups in total. The lowest BCUT2D eigenvalue weighted by Crippen LogP contribution is -2.23. The smallest absolute Gasteiger partial charge is 0.414 e. The van der Waals surface area contributed by atoms with E-state index in [0.29, 0.717) is 47.9 Å². The van der Waals surface area contributed by atoms with Crippen LogP contribution in [0, 0.1) is 0 Å². The van der Waals surface area contributed by atoms with Gasteiger partial charge < -0.3 is 18.6 Å². The van der Waals surface area contributed by atoms with Crippen molar-refractivity contribution in [1.82, 2.24) is 0 Å². The highest BCUT2D eigenvalue weighted by atomic mass is 16.7. The first-order valence-corrected chi connectivity index (χ1v) is 6.69. The summed E-state index contributed by atoms with van der Waals surface area (Å²) in [7, 11) is 0. The number of hydrogen-bond donors (Lipinski definition) is 0. The van der Waals surface area contributed by atoms with Crippen LogP contribution in [0.5, 0.6) is 11.5 Å². The lowest BCUT2D eigenvalue weighted by molar-refractivity contribution is 0.110. The Hall–Kier alpha value is -2.96. The fourth-order valence-electron chi connectivity index (χ4n) is 2.53. The third-order valence-electron chi connectivity index (χ3n) is 3.55. The summed E-state index contributed by atoms with van der Waals surface area (Å²) in [4.78, 5) is 24.2. The monoisotopic (exact) mass is 301 g/mol. The van der Waals surface area contributed by atoms with Crippen molar-refractivity contribution in [2.75, 3.05) is 24.8 Å². The maximum atomic E-state index is 11.9. The summed E-state index contributed by atoms with van der Waals surface area (Å²) < 4.78 is 21.2. The lowest BCUT2D eigenvalue weighted by Gasteiger charge is -2.17. The molecule has 0 unspecified atom stereocenters. The van der Waals surface area contributed by atoms with Crippen LogP contribution in [0.3, 0.4) is 0 Å². The second-order valence-electron chi connectivity index (χ2n) is 4.81. The number of nitrogens with zero attached hydrogens (tertiary/aromatic N) is 1. The number of carbonyl (C=O) groups is 2. The molecule has 0 spiro atoms. The quantitative estimate of drug-likeness (QED) is 0.810. The molecule has 1 aromatic heterocycles. The third kappa shape index (κ3) is 1.90. The van der Waals surface area contributed by atoms with Gasteiger partial charge in [-0.1, -0.05) is 0 Å². The van der Waals surface area contributed by atoms with Crippen molar-refractivity contribution in [1.29, 1.82) is 0 Å². The Kier molecular flexibility index (Phi) is 2.78. The van der Waals surface area contributed by atoms with E-state index in [1.807, 2.05) is 0 Å². The molecular formula is C15H11NO6. The van der Waals surface area contributed by atoms with Crippen LogP contribution in [-0.4, -0.2) is 32.3 Å². The molecule has 0 aliphatic carbocycles. The summed E-state index contributed by atoms with van der Waals surface area (Å²) in [6.07, 6.45) is 0.197. The highest BCUT2D eigenvalue weighted by molar-refractivity contribution is 5.95. The number of ether oxygens (including phenoxy) is 3. The topological polar surface area (TPSA) is 78.2 Å². The highest BCUT2D eigenvalue weighted by Crippen LogP contribution is 2.43. The molecule has 22 heavy (non-hydrogen) atoms. The molecule has 1 fully saturated rings. The third-order valence-corrected chi connectivity index (χ3v) is 3.55. The molecule has 2 aromatic rings. The number of cyclic esters (lactones) is 1. The van der Waals surface area contributed by atoms with Gasteiger partial charge in [0, 0.05) is 11.6 Å². The number of fused-ring (bicyclic) bond motifs is 1. The average molecular weight is 301 g/mol. The van der Waals surface area contributed by atoms with E-state index < -0.39 is 6.09 Å². The summed E-state index contributed by atoms with van der Waals surface area (Å²) in [5.41, 5.74) is 1.23. The maximum Gasteiger partial charge on any atom is 0.414 e. The van der Waals surface area contributed by atoms with Crippen LogP contribution in [0.25, 0.3) is 11.3 Å². The number of anilines is 1. The second kappa shape index (κ2) is 4.80. The summed E-state index contributed by atoms with van der Waals surface area (Å²) in [6.45, 7) is 0.887. The average Bonchev–Trinajstić information content (AvgIpc) is 3.25. The molecule has 0 radical (unpaired) electrons. The first-order chi connectivity index (χ1) is 10.8. The Bertz CT molecular complexity index is 765. The van der Waals surface area contributed by atoms with E-state index in [4.69, 9.17) is 18.6 Å². The maximum absolute atomic E-state index is 11.9. The predicted molar refractivity (Wildman–Crippen MR) is 74.3 cm³/mol. The minimum atomic E-state index is -0.428. The Morgan fingerprint density at radius 2 is 1.91 bits per heavy atom. The number of furan rings is 1. The van der Waals surface area contributed by atoms with E-state index in [0.717, 1.165) is 0 Å². The van der Waals surface area contributed by atoms with Crippen molar-refractivity contribution < 1.29 is 28.2 Å². The van der Waals surface area contributed by atoms with E-state index in [2.05, 4.69) is 0 Å². The number of amides is 1. The van der Waals surface area contributed by atoms with Crippen LogP contribution in [-0.2, 0) is 4.74 Å². The van der Waals surface area contributed by atoms with E-state index in [9.17, 15) is 9.59 Å². The highest BCUT2D eigenvalue weighted by Gasteiger charge is 2.29. The van der Waals surface area contributed by atoms with Crippen LogP contribution in [0.15, 0.2) is 28.7 Å². The van der Waals surface area contributed by atoms with Crippen molar-refractivity contribution >= 4 is 18.1 Å². The summed E-state index contributed by atoms with van der Waals surface area (Å²) >= 11 is 0. The standard InChI is InChI=1S/C15H11NO6/c17-7-9-1-2-12(22-9)10-5-13-14(21-8-20-13)6-11(10)16-3-4-19-15(16)18/h1-2,5-7H,3-4,8H2. The molecule has 112 valence electrons. The molecule has 1 saturated heterocycles. The normalized spacial score (nSPS) is 16.0. The molecule has 1 amide bonds. The van der Waals surface area contributed by atoms with Gasteiger partial charge in [0.2, 0.25) is 6.79 Å². The zero-order chi connectivity index (χ0) is 15.1. The van der Waals surface area contributed by atoms with Gasteiger partial charge in [-0.05, 0) is 18.2 Å². The molecule has 0 bridgehead atoms. The van der Waals surface area contributed by atoms with Gasteiger partial charge in [0.25, 0.3) is 0 Å². The molecule has 4 rings (SSSR count). The van der Waals surface area contributed by atoms with Crippen molar-refractivity contribution in [2.45, 2.75) is 0 Å². The van der Waals surface area contributed by atoms with E-state index in [1.165, 1.54) is 4.90 Å². The SMILES string of the molecule is O=Cc1ccc(-c2cc3c(cc2N2CCOC2=O)OCO3)o1. The molecule has 2 aliphatic heterocycles. The molecule has 0 saturated carbocycles. The van der Waals surface area contributed by atoms with Gasteiger partial charge in [-0.2, -0.15) is 0 Å². The molecule has 7 nitrogen and oxygen atoms in total. The van der Waals surface area contributed by atoms with Crippen LogP contribution in [0.1, 0.15) is 10.6 Å². The minimum Gasteiger partial charge on any atom is -0.454 e. The van der Waals surface area contributed by atoms with Gasteiger partial charge in [-0.3, -0.25) is 9.69 Å². The molecule has 7 heteroatoms. The van der Waals surface area contributed by atoms with Gasteiger partial charge in [-0.15, -0.1) is 0 Å². The Morgan fingerprint density at radius 1 is 1.09 bits per heavy atom. The Labute approximate surface area is 125 Å². The lowest BCUT2D eigenvalue weighted by atomic mass is 10.1. The van der Waals surface area contributed by atoms with Crippen LogP contribution < -0.4 is 14.4 Å². The number of benzene rings is 1. The Balaban J connectivity index is 1.87. The molecule has 3 heterocycles. The molecule has 0 atom stereocenters. The van der Waals surface area contributed by atoms with Gasteiger partial charge in [-0.25, -0.2) is 4.79 Å². The van der Waals surface area contributed by atoms with Crippen molar-refractivity contribution in [3.63, 3.8) is 0 Å². The van der Waals surface area contributed by atoms with Crippen LogP contribution >= 0.6 is 0 Å². The van der Waals surface area contributed by atoms with Crippen LogP contribution in [0.4, 0.5) is 10.5 Å². The fraction of sp³-hybridized carbons (Fsp3) is 0.200. The number of carbonyl (C=O) groups excluding carboxylic acids is 2. The van der Waals surface area contributed by atoms with E-state index in [1.54, 1.807) is 24.3 Å². The van der Waals surface area contributed by atoms with Crippen molar-refractivity contribution in [3.05, 3.63) is 30.0 Å². The molecule has 1 aromatic carbocycles. The van der Waals surface area contributed by atoms with E-state index >= 15 is 0 Å². The van der Waals surface area contributed by atoms with Crippen LogP contribution in [0.2, 0.25) is 0 Å². The first kappa shape index (κ1) is 12.8. The molecule has 2 aliphatic rings. The number of aldehydes is 1.